The standard InChI is InChI=1S/C26H30F3N5O3/c1-2-37-25(36)17-4-3-9-33(15-17)24(35)20-13-18-12-19(26(27,28)29)5-6-21(18)34-11-10-32(16-22(20)34)23-14-30-7-8-31-23/h5-8,12,14,17,20,22H,2-4,9-11,13,15-16H2,1H3. The van der Waals surface area contributed by atoms with Crippen LogP contribution in [0.1, 0.15) is 30.9 Å². The van der Waals surface area contributed by atoms with Gasteiger partial charge >= 0.3 is 12.1 Å². The van der Waals surface area contributed by atoms with Crippen molar-refractivity contribution < 1.29 is 27.5 Å². The van der Waals surface area contributed by atoms with E-state index in [4.69, 9.17) is 4.74 Å². The molecule has 0 N–H and O–H groups in total. The molecule has 11 heteroatoms. The Morgan fingerprint density at radius 3 is 2.70 bits per heavy atom. The van der Waals surface area contributed by atoms with Crippen molar-refractivity contribution in [3.63, 3.8) is 0 Å². The third-order valence-electron chi connectivity index (χ3n) is 7.58. The van der Waals surface area contributed by atoms with E-state index >= 15 is 0 Å². The molecule has 198 valence electrons. The molecule has 0 spiro atoms. The summed E-state index contributed by atoms with van der Waals surface area (Å²) in [6.07, 6.45) is 1.95. The number of aromatic nitrogens is 2. The van der Waals surface area contributed by atoms with Gasteiger partial charge in [0.2, 0.25) is 5.91 Å². The zero-order valence-electron chi connectivity index (χ0n) is 20.7. The number of anilines is 2. The minimum atomic E-state index is -4.46. The monoisotopic (exact) mass is 517 g/mol. The summed E-state index contributed by atoms with van der Waals surface area (Å²) in [4.78, 5) is 40.7. The fourth-order valence-electron chi connectivity index (χ4n) is 5.81. The fraction of sp³-hybridized carbons (Fsp3) is 0.538. The molecule has 2 fully saturated rings. The minimum absolute atomic E-state index is 0.131. The van der Waals surface area contributed by atoms with E-state index in [0.29, 0.717) is 50.4 Å². The highest BCUT2D eigenvalue weighted by molar-refractivity contribution is 5.83. The quantitative estimate of drug-likeness (QED) is 0.577. The first kappa shape index (κ1) is 25.3. The lowest BCUT2D eigenvalue weighted by atomic mass is 9.82. The molecule has 0 saturated carbocycles. The zero-order valence-corrected chi connectivity index (χ0v) is 20.7. The van der Waals surface area contributed by atoms with Gasteiger partial charge in [-0.1, -0.05) is 0 Å². The van der Waals surface area contributed by atoms with Crippen molar-refractivity contribution in [2.45, 2.75) is 38.4 Å². The number of benzene rings is 1. The van der Waals surface area contributed by atoms with Crippen LogP contribution in [0.2, 0.25) is 0 Å². The molecule has 3 unspecified atom stereocenters. The van der Waals surface area contributed by atoms with Crippen molar-refractivity contribution in [1.29, 1.82) is 0 Å². The van der Waals surface area contributed by atoms with Crippen LogP contribution in [0, 0.1) is 11.8 Å². The summed E-state index contributed by atoms with van der Waals surface area (Å²) in [5, 5.41) is 0. The molecule has 2 saturated heterocycles. The van der Waals surface area contributed by atoms with Crippen LogP contribution in [0.15, 0.2) is 36.8 Å². The van der Waals surface area contributed by atoms with Crippen LogP contribution in [0.4, 0.5) is 24.7 Å². The van der Waals surface area contributed by atoms with Crippen molar-refractivity contribution in [3.05, 3.63) is 47.9 Å². The molecule has 0 aliphatic carbocycles. The number of carbonyl (C=O) groups excluding carboxylic acids is 2. The lowest BCUT2D eigenvalue weighted by Crippen LogP contribution is -2.62. The van der Waals surface area contributed by atoms with Gasteiger partial charge in [0, 0.05) is 50.8 Å². The molecular weight excluding hydrogens is 487 g/mol. The molecule has 3 aliphatic heterocycles. The highest BCUT2D eigenvalue weighted by Crippen LogP contribution is 2.41. The maximum Gasteiger partial charge on any atom is 0.416 e. The number of hydrogen-bond acceptors (Lipinski definition) is 7. The maximum atomic E-state index is 13.9. The predicted octanol–water partition coefficient (Wildman–Crippen LogP) is 3.16. The first-order valence-corrected chi connectivity index (χ1v) is 12.7. The molecule has 1 aromatic heterocycles. The number of fused-ring (bicyclic) bond motifs is 3. The van der Waals surface area contributed by atoms with Crippen LogP contribution in [0.3, 0.4) is 0 Å². The number of esters is 1. The van der Waals surface area contributed by atoms with E-state index < -0.39 is 17.7 Å². The second-order valence-corrected chi connectivity index (χ2v) is 9.80. The first-order chi connectivity index (χ1) is 17.8. The van der Waals surface area contributed by atoms with Crippen LogP contribution in [-0.2, 0) is 26.9 Å². The Bertz CT molecular complexity index is 1150. The smallest absolute Gasteiger partial charge is 0.416 e. The fourth-order valence-corrected chi connectivity index (χ4v) is 5.81. The number of piperidine rings is 1. The summed E-state index contributed by atoms with van der Waals surface area (Å²) in [5.74, 6) is -0.683. The van der Waals surface area contributed by atoms with Crippen molar-refractivity contribution in [2.75, 3.05) is 49.1 Å². The van der Waals surface area contributed by atoms with Crippen molar-refractivity contribution >= 4 is 23.4 Å². The highest BCUT2D eigenvalue weighted by atomic mass is 19.4. The Morgan fingerprint density at radius 2 is 1.97 bits per heavy atom. The molecule has 3 atom stereocenters. The number of ether oxygens (including phenoxy) is 1. The number of rotatable bonds is 4. The number of carbonyl (C=O) groups is 2. The number of hydrogen-bond donors (Lipinski definition) is 0. The molecule has 3 aliphatic rings. The van der Waals surface area contributed by atoms with Crippen molar-refractivity contribution in [2.24, 2.45) is 11.8 Å². The predicted molar refractivity (Wildman–Crippen MR) is 130 cm³/mol. The number of nitrogens with zero attached hydrogens (tertiary/aromatic N) is 5. The average Bonchev–Trinajstić information content (AvgIpc) is 2.91. The maximum absolute atomic E-state index is 13.9. The molecule has 5 rings (SSSR count). The van der Waals surface area contributed by atoms with Gasteiger partial charge in [0.15, 0.2) is 0 Å². The van der Waals surface area contributed by atoms with Crippen molar-refractivity contribution in [1.82, 2.24) is 14.9 Å². The number of halogens is 3. The highest BCUT2D eigenvalue weighted by Gasteiger charge is 2.45. The van der Waals surface area contributed by atoms with Crippen LogP contribution >= 0.6 is 0 Å². The van der Waals surface area contributed by atoms with E-state index in [0.717, 1.165) is 11.8 Å². The van der Waals surface area contributed by atoms with Gasteiger partial charge in [0.25, 0.3) is 0 Å². The summed E-state index contributed by atoms with van der Waals surface area (Å²) < 4.78 is 45.7. The molecule has 0 bridgehead atoms. The molecule has 1 aromatic carbocycles. The largest absolute Gasteiger partial charge is 0.466 e. The lowest BCUT2D eigenvalue weighted by molar-refractivity contribution is -0.152. The molecule has 0 radical (unpaired) electrons. The molecule has 37 heavy (non-hydrogen) atoms. The Kier molecular flexibility index (Phi) is 6.96. The number of alkyl halides is 3. The van der Waals surface area contributed by atoms with Crippen LogP contribution in [0.5, 0.6) is 0 Å². The van der Waals surface area contributed by atoms with Gasteiger partial charge in [-0.25, -0.2) is 4.98 Å². The minimum Gasteiger partial charge on any atom is -0.466 e. The second kappa shape index (κ2) is 10.2. The zero-order chi connectivity index (χ0) is 26.2. The molecule has 8 nitrogen and oxygen atoms in total. The molecule has 4 heterocycles. The Balaban J connectivity index is 1.45. The summed E-state index contributed by atoms with van der Waals surface area (Å²) in [7, 11) is 0. The van der Waals surface area contributed by atoms with Gasteiger partial charge in [0.05, 0.1) is 36.2 Å². The van der Waals surface area contributed by atoms with E-state index in [9.17, 15) is 22.8 Å². The van der Waals surface area contributed by atoms with E-state index in [1.807, 2.05) is 0 Å². The first-order valence-electron chi connectivity index (χ1n) is 12.7. The van der Waals surface area contributed by atoms with Gasteiger partial charge in [0.1, 0.15) is 5.82 Å². The SMILES string of the molecule is CCOC(=O)C1CCCN(C(=O)C2Cc3cc(C(F)(F)F)ccc3N3CCN(c4cnccn4)CC23)C1. The van der Waals surface area contributed by atoms with E-state index in [-0.39, 0.29) is 43.4 Å². The third kappa shape index (κ3) is 5.08. The number of piperazine rings is 1. The second-order valence-electron chi connectivity index (χ2n) is 9.80. The summed E-state index contributed by atoms with van der Waals surface area (Å²) in [6, 6.07) is 3.57. The molecule has 1 amide bonds. The van der Waals surface area contributed by atoms with E-state index in [1.165, 1.54) is 12.1 Å². The topological polar surface area (TPSA) is 78.9 Å². The van der Waals surface area contributed by atoms with Crippen LogP contribution < -0.4 is 9.80 Å². The molecule has 2 aromatic rings. The van der Waals surface area contributed by atoms with Crippen LogP contribution in [0.25, 0.3) is 0 Å². The van der Waals surface area contributed by atoms with Gasteiger partial charge < -0.3 is 19.4 Å². The van der Waals surface area contributed by atoms with E-state index in [2.05, 4.69) is 19.8 Å². The summed E-state index contributed by atoms with van der Waals surface area (Å²) in [6.45, 7) is 4.44. The number of likely N-dealkylation sites (tertiary alicyclic amines) is 1. The van der Waals surface area contributed by atoms with Crippen molar-refractivity contribution in [3.8, 4) is 0 Å². The van der Waals surface area contributed by atoms with Crippen LogP contribution in [-0.4, -0.2) is 72.1 Å². The summed E-state index contributed by atoms with van der Waals surface area (Å²) >= 11 is 0. The third-order valence-corrected chi connectivity index (χ3v) is 7.58. The van der Waals surface area contributed by atoms with Gasteiger partial charge in [-0.3, -0.25) is 14.6 Å². The van der Waals surface area contributed by atoms with Gasteiger partial charge in [-0.15, -0.1) is 0 Å². The van der Waals surface area contributed by atoms with E-state index in [1.54, 1.807) is 30.4 Å². The Hall–Kier alpha value is -3.37. The van der Waals surface area contributed by atoms with Gasteiger partial charge in [-0.05, 0) is 49.9 Å². The summed E-state index contributed by atoms with van der Waals surface area (Å²) in [5.41, 5.74) is 0.551. The lowest BCUT2D eigenvalue weighted by Gasteiger charge is -2.50. The van der Waals surface area contributed by atoms with Gasteiger partial charge in [-0.2, -0.15) is 13.2 Å². The molecular formula is C26H30F3N5O3. The Morgan fingerprint density at radius 1 is 1.14 bits per heavy atom. The Labute approximate surface area is 213 Å². The average molecular weight is 518 g/mol. The normalized spacial score (nSPS) is 23.8. The number of amides is 1.